The van der Waals surface area contributed by atoms with E-state index in [9.17, 15) is 14.3 Å². The molecule has 1 heterocycles. The molecule has 29 heavy (non-hydrogen) atoms. The molecule has 6 nitrogen and oxygen atoms in total. The van der Waals surface area contributed by atoms with E-state index in [-0.39, 0.29) is 11.7 Å². The summed E-state index contributed by atoms with van der Waals surface area (Å²) in [6.07, 6.45) is 0.263. The Balaban J connectivity index is 1.71. The number of benzene rings is 2. The minimum atomic E-state index is -1.13. The number of methoxy groups -OCH3 is 1. The van der Waals surface area contributed by atoms with Crippen LogP contribution < -0.4 is 10.1 Å². The molecule has 0 aliphatic rings. The van der Waals surface area contributed by atoms with Crippen LogP contribution in [0.4, 0.5) is 4.39 Å². The quantitative estimate of drug-likeness (QED) is 0.443. The first-order valence-corrected chi connectivity index (χ1v) is 9.01. The number of halogens is 2. The van der Waals surface area contributed by atoms with Gasteiger partial charge in [-0.2, -0.15) is 0 Å². The summed E-state index contributed by atoms with van der Waals surface area (Å²) in [6.45, 7) is 0.311. The van der Waals surface area contributed by atoms with E-state index in [1.165, 1.54) is 43.6 Å². The van der Waals surface area contributed by atoms with Crippen molar-refractivity contribution >= 4 is 17.6 Å². The van der Waals surface area contributed by atoms with Crippen molar-refractivity contribution in [1.82, 2.24) is 10.3 Å². The molecule has 0 fully saturated rings. The lowest BCUT2D eigenvalue weighted by molar-refractivity contribution is 0.0600. The Hall–Kier alpha value is -3.00. The van der Waals surface area contributed by atoms with Crippen molar-refractivity contribution in [3.05, 3.63) is 88.3 Å². The fourth-order valence-corrected chi connectivity index (χ4v) is 2.71. The van der Waals surface area contributed by atoms with E-state index in [1.807, 2.05) is 0 Å². The fraction of sp³-hybridized carbons (Fsp3) is 0.143. The number of pyridine rings is 1. The zero-order valence-corrected chi connectivity index (χ0v) is 16.2. The number of esters is 1. The number of carbonyl (C=O) groups excluding carboxylic acids is 1. The van der Waals surface area contributed by atoms with Crippen LogP contribution in [-0.4, -0.2) is 23.2 Å². The highest BCUT2D eigenvalue weighted by atomic mass is 35.5. The number of nitrogens with zero attached hydrogens (tertiary/aromatic N) is 1. The largest absolute Gasteiger partial charge is 0.465 e. The average Bonchev–Trinajstić information content (AvgIpc) is 2.74. The van der Waals surface area contributed by atoms with Crippen molar-refractivity contribution in [2.45, 2.75) is 12.8 Å². The van der Waals surface area contributed by atoms with Crippen molar-refractivity contribution in [3.8, 4) is 11.6 Å². The van der Waals surface area contributed by atoms with Gasteiger partial charge in [0.15, 0.2) is 0 Å². The van der Waals surface area contributed by atoms with Gasteiger partial charge in [0.25, 0.3) is 0 Å². The molecule has 150 valence electrons. The van der Waals surface area contributed by atoms with Gasteiger partial charge in [0.1, 0.15) is 17.8 Å². The summed E-state index contributed by atoms with van der Waals surface area (Å²) in [6, 6.07) is 13.7. The Bertz CT molecular complexity index is 981. The second-order valence-electron chi connectivity index (χ2n) is 6.08. The van der Waals surface area contributed by atoms with Gasteiger partial charge in [0.2, 0.25) is 5.88 Å². The third-order valence-electron chi connectivity index (χ3n) is 4.04. The Labute approximate surface area is 171 Å². The predicted molar refractivity (Wildman–Crippen MR) is 105 cm³/mol. The van der Waals surface area contributed by atoms with Crippen molar-refractivity contribution < 1.29 is 23.8 Å². The van der Waals surface area contributed by atoms with Crippen LogP contribution in [0.5, 0.6) is 11.6 Å². The van der Waals surface area contributed by atoms with Crippen LogP contribution in [-0.2, 0) is 11.3 Å². The van der Waals surface area contributed by atoms with Gasteiger partial charge in [-0.3, -0.25) is 5.32 Å². The summed E-state index contributed by atoms with van der Waals surface area (Å²) in [5.41, 5.74) is 1.60. The van der Waals surface area contributed by atoms with Crippen molar-refractivity contribution in [1.29, 1.82) is 0 Å². The van der Waals surface area contributed by atoms with Crippen LogP contribution >= 0.6 is 11.6 Å². The first-order chi connectivity index (χ1) is 14.0. The molecule has 1 atom stereocenters. The number of aliphatic hydroxyl groups excluding tert-OH is 1. The molecule has 3 aromatic rings. The molecule has 0 aliphatic carbocycles. The normalized spacial score (nSPS) is 11.7. The van der Waals surface area contributed by atoms with E-state index in [2.05, 4.69) is 15.0 Å². The molecule has 2 N–H and O–H groups in total. The number of carbonyl (C=O) groups is 1. The van der Waals surface area contributed by atoms with E-state index in [1.54, 1.807) is 24.3 Å². The standard InChI is InChI=1S/C21H18ClFN2O4/c1-28-21(27)14-4-2-13(3-5-14)11-24-19(26)18-10-15(22)12-25-20(18)29-17-8-6-16(23)7-9-17/h2-10,12,19,24,26H,11H2,1H3. The van der Waals surface area contributed by atoms with E-state index >= 15 is 0 Å². The van der Waals surface area contributed by atoms with E-state index < -0.39 is 12.2 Å². The summed E-state index contributed by atoms with van der Waals surface area (Å²) in [4.78, 5) is 15.6. The second kappa shape index (κ2) is 9.47. The molecule has 1 aromatic heterocycles. The molecule has 0 radical (unpaired) electrons. The molecular weight excluding hydrogens is 399 g/mol. The summed E-state index contributed by atoms with van der Waals surface area (Å²) in [7, 11) is 1.32. The molecular formula is C21H18ClFN2O4. The lowest BCUT2D eigenvalue weighted by atomic mass is 10.1. The van der Waals surface area contributed by atoms with Gasteiger partial charge in [-0.15, -0.1) is 0 Å². The maximum absolute atomic E-state index is 13.1. The Morgan fingerprint density at radius 2 is 1.90 bits per heavy atom. The minimum Gasteiger partial charge on any atom is -0.465 e. The molecule has 0 amide bonds. The van der Waals surface area contributed by atoms with Gasteiger partial charge in [0.05, 0.1) is 23.3 Å². The van der Waals surface area contributed by atoms with Crippen molar-refractivity contribution in [2.75, 3.05) is 7.11 Å². The first kappa shape index (κ1) is 20.7. The van der Waals surface area contributed by atoms with Gasteiger partial charge < -0.3 is 14.6 Å². The average molecular weight is 417 g/mol. The Morgan fingerprint density at radius 3 is 2.55 bits per heavy atom. The van der Waals surface area contributed by atoms with Gasteiger partial charge in [-0.05, 0) is 48.0 Å². The summed E-state index contributed by atoms with van der Waals surface area (Å²) >= 11 is 6.01. The summed E-state index contributed by atoms with van der Waals surface area (Å²) < 4.78 is 23.4. The third-order valence-corrected chi connectivity index (χ3v) is 4.25. The number of nitrogens with one attached hydrogen (secondary N) is 1. The molecule has 0 aliphatic heterocycles. The molecule has 0 spiro atoms. The van der Waals surface area contributed by atoms with Crippen LogP contribution in [0.15, 0.2) is 60.8 Å². The maximum atomic E-state index is 13.1. The lowest BCUT2D eigenvalue weighted by Crippen LogP contribution is -2.21. The van der Waals surface area contributed by atoms with Crippen LogP contribution in [0.2, 0.25) is 5.02 Å². The fourth-order valence-electron chi connectivity index (χ4n) is 2.54. The number of aliphatic hydroxyl groups is 1. The first-order valence-electron chi connectivity index (χ1n) is 8.64. The second-order valence-corrected chi connectivity index (χ2v) is 6.51. The summed E-state index contributed by atoms with van der Waals surface area (Å²) in [5, 5.41) is 13.8. The highest BCUT2D eigenvalue weighted by molar-refractivity contribution is 6.30. The van der Waals surface area contributed by atoms with E-state index in [0.29, 0.717) is 28.4 Å². The minimum absolute atomic E-state index is 0.141. The Morgan fingerprint density at radius 1 is 1.21 bits per heavy atom. The smallest absolute Gasteiger partial charge is 0.337 e. The molecule has 2 aromatic carbocycles. The van der Waals surface area contributed by atoms with Crippen molar-refractivity contribution in [3.63, 3.8) is 0 Å². The van der Waals surface area contributed by atoms with Crippen molar-refractivity contribution in [2.24, 2.45) is 0 Å². The molecule has 0 saturated heterocycles. The van der Waals surface area contributed by atoms with Crippen LogP contribution in [0, 0.1) is 5.82 Å². The maximum Gasteiger partial charge on any atom is 0.337 e. The molecule has 0 saturated carbocycles. The number of aromatic nitrogens is 1. The zero-order valence-electron chi connectivity index (χ0n) is 15.4. The zero-order chi connectivity index (χ0) is 20.8. The molecule has 8 heteroatoms. The van der Waals surface area contributed by atoms with Gasteiger partial charge >= 0.3 is 5.97 Å². The van der Waals surface area contributed by atoms with Crippen LogP contribution in [0.1, 0.15) is 27.7 Å². The van der Waals surface area contributed by atoms with Gasteiger partial charge in [-0.1, -0.05) is 23.7 Å². The molecule has 3 rings (SSSR count). The monoisotopic (exact) mass is 416 g/mol. The van der Waals surface area contributed by atoms with E-state index in [4.69, 9.17) is 16.3 Å². The van der Waals surface area contributed by atoms with Gasteiger partial charge in [-0.25, -0.2) is 14.2 Å². The van der Waals surface area contributed by atoms with Gasteiger partial charge in [0, 0.05) is 12.7 Å². The predicted octanol–water partition coefficient (Wildman–Crippen LogP) is 4.23. The highest BCUT2D eigenvalue weighted by Gasteiger charge is 2.16. The number of hydrogen-bond acceptors (Lipinski definition) is 6. The number of ether oxygens (including phenoxy) is 2. The lowest BCUT2D eigenvalue weighted by Gasteiger charge is -2.17. The Kier molecular flexibility index (Phi) is 6.77. The van der Waals surface area contributed by atoms with Crippen LogP contribution in [0.25, 0.3) is 0 Å². The SMILES string of the molecule is COC(=O)c1ccc(CNC(O)c2cc(Cl)cnc2Oc2ccc(F)cc2)cc1. The molecule has 1 unspecified atom stereocenters. The number of hydrogen-bond donors (Lipinski definition) is 2. The van der Waals surface area contributed by atoms with E-state index in [0.717, 1.165) is 5.56 Å². The highest BCUT2D eigenvalue weighted by Crippen LogP contribution is 2.29. The molecule has 0 bridgehead atoms. The topological polar surface area (TPSA) is 80.7 Å². The summed E-state index contributed by atoms with van der Waals surface area (Å²) in [5.74, 6) is -0.297. The third kappa shape index (κ3) is 5.51. The van der Waals surface area contributed by atoms with Crippen LogP contribution in [0.3, 0.4) is 0 Å². The number of rotatable bonds is 7.